The van der Waals surface area contributed by atoms with Crippen molar-refractivity contribution < 1.29 is 14.6 Å². The Kier molecular flexibility index (Phi) is 6.47. The monoisotopic (exact) mass is 526 g/mol. The number of rotatable bonds is 7. The zero-order valence-corrected chi connectivity index (χ0v) is 22.0. The first kappa shape index (κ1) is 24.7. The number of anilines is 2. The molecule has 1 aliphatic rings. The minimum atomic E-state index is -0.344. The number of benzene rings is 2. The number of esters is 1. The summed E-state index contributed by atoms with van der Waals surface area (Å²) in [6.07, 6.45) is 2.33. The zero-order valence-electron chi connectivity index (χ0n) is 22.0. The lowest BCUT2D eigenvalue weighted by Gasteiger charge is -2.36. The number of para-hydroxylation sites is 2. The molecule has 0 amide bonds. The van der Waals surface area contributed by atoms with Crippen LogP contribution in [-0.2, 0) is 22.5 Å². The van der Waals surface area contributed by atoms with Crippen molar-refractivity contribution in [2.75, 3.05) is 42.6 Å². The fourth-order valence-electron chi connectivity index (χ4n) is 5.05. The lowest BCUT2D eigenvalue weighted by atomic mass is 10.2. The number of aromatic nitrogens is 6. The van der Waals surface area contributed by atoms with Gasteiger partial charge in [-0.1, -0.05) is 19.1 Å². The second kappa shape index (κ2) is 10.2. The van der Waals surface area contributed by atoms with Crippen molar-refractivity contribution in [2.45, 2.75) is 26.8 Å². The molecule has 1 aliphatic heterocycles. The number of carbonyl (C=O) groups excluding carboxylic acids is 1. The average molecular weight is 527 g/mol. The van der Waals surface area contributed by atoms with E-state index in [1.165, 1.54) is 0 Å². The van der Waals surface area contributed by atoms with Gasteiger partial charge in [0.2, 0.25) is 5.95 Å². The van der Waals surface area contributed by atoms with Crippen molar-refractivity contribution in [3.8, 4) is 11.6 Å². The molecule has 1 fully saturated rings. The maximum absolute atomic E-state index is 12.4. The van der Waals surface area contributed by atoms with E-state index in [0.717, 1.165) is 35.6 Å². The van der Waals surface area contributed by atoms with Crippen molar-refractivity contribution in [1.29, 1.82) is 0 Å². The normalized spacial score (nSPS) is 13.9. The zero-order chi connectivity index (χ0) is 26.9. The van der Waals surface area contributed by atoms with E-state index >= 15 is 0 Å². The molecule has 6 rings (SSSR count). The van der Waals surface area contributed by atoms with Gasteiger partial charge in [0.1, 0.15) is 18.1 Å². The highest BCUT2D eigenvalue weighted by Gasteiger charge is 2.25. The third kappa shape index (κ3) is 4.60. The molecule has 0 spiro atoms. The van der Waals surface area contributed by atoms with Gasteiger partial charge in [0.05, 0.1) is 24.0 Å². The summed E-state index contributed by atoms with van der Waals surface area (Å²) in [5.74, 6) is 2.00. The summed E-state index contributed by atoms with van der Waals surface area (Å²) in [4.78, 5) is 36.3. The molecule has 0 bridgehead atoms. The molecule has 2 aromatic carbocycles. The first-order chi connectivity index (χ1) is 19.1. The van der Waals surface area contributed by atoms with Gasteiger partial charge in [-0.3, -0.25) is 9.36 Å². The first-order valence-corrected chi connectivity index (χ1v) is 13.2. The molecule has 1 N–H and O–H groups in total. The number of imidazole rings is 2. The van der Waals surface area contributed by atoms with Gasteiger partial charge >= 0.3 is 5.97 Å². The van der Waals surface area contributed by atoms with Gasteiger partial charge in [-0.25, -0.2) is 9.97 Å². The number of hydrogen-bond acceptors (Lipinski definition) is 9. The predicted molar refractivity (Wildman–Crippen MR) is 148 cm³/mol. The molecule has 0 aliphatic carbocycles. The molecule has 39 heavy (non-hydrogen) atoms. The van der Waals surface area contributed by atoms with E-state index in [2.05, 4.69) is 26.3 Å². The molecule has 11 nitrogen and oxygen atoms in total. The molecule has 1 saturated heterocycles. The summed E-state index contributed by atoms with van der Waals surface area (Å²) in [7, 11) is 0. The highest BCUT2D eigenvalue weighted by molar-refractivity contribution is 5.86. The van der Waals surface area contributed by atoms with Crippen LogP contribution in [0.5, 0.6) is 5.75 Å². The van der Waals surface area contributed by atoms with Crippen LogP contribution in [0, 0.1) is 0 Å². The fourth-order valence-corrected chi connectivity index (χ4v) is 5.05. The molecule has 0 radical (unpaired) electrons. The predicted octanol–water partition coefficient (Wildman–Crippen LogP) is 3.32. The molecule has 3 aromatic heterocycles. The summed E-state index contributed by atoms with van der Waals surface area (Å²) in [5, 5.41) is 9.64. The van der Waals surface area contributed by atoms with Gasteiger partial charge < -0.3 is 24.2 Å². The highest BCUT2D eigenvalue weighted by Crippen LogP contribution is 2.28. The van der Waals surface area contributed by atoms with Gasteiger partial charge in [-0.2, -0.15) is 9.97 Å². The minimum Gasteiger partial charge on any atom is -0.508 e. The SMILES string of the molecule is CCOC(=O)Cn1cnc2c(-n3c(CC)nc4ccccc43)nc(N3CCN(c4ccc(O)cc4)CC3)nc21. The molecule has 0 saturated carbocycles. The Labute approximate surface area is 225 Å². The van der Waals surface area contributed by atoms with Crippen molar-refractivity contribution in [3.05, 3.63) is 60.7 Å². The van der Waals surface area contributed by atoms with E-state index < -0.39 is 0 Å². The van der Waals surface area contributed by atoms with Crippen LogP contribution in [0.25, 0.3) is 28.0 Å². The third-order valence-electron chi connectivity index (χ3n) is 6.97. The largest absolute Gasteiger partial charge is 0.508 e. The number of phenols is 1. The van der Waals surface area contributed by atoms with Crippen molar-refractivity contribution >= 4 is 39.8 Å². The number of aromatic hydroxyl groups is 1. The summed E-state index contributed by atoms with van der Waals surface area (Å²) in [5.41, 5.74) is 4.07. The van der Waals surface area contributed by atoms with Gasteiger partial charge in [0.25, 0.3) is 0 Å². The van der Waals surface area contributed by atoms with Crippen LogP contribution in [0.15, 0.2) is 54.9 Å². The first-order valence-electron chi connectivity index (χ1n) is 13.2. The number of nitrogens with zero attached hydrogens (tertiary/aromatic N) is 8. The lowest BCUT2D eigenvalue weighted by Crippen LogP contribution is -2.47. The molecule has 0 atom stereocenters. The average Bonchev–Trinajstić information content (AvgIpc) is 3.54. The summed E-state index contributed by atoms with van der Waals surface area (Å²) in [6, 6.07) is 15.2. The van der Waals surface area contributed by atoms with Gasteiger partial charge in [-0.05, 0) is 43.3 Å². The van der Waals surface area contributed by atoms with E-state index in [4.69, 9.17) is 19.7 Å². The van der Waals surface area contributed by atoms with Crippen molar-refractivity contribution in [3.63, 3.8) is 0 Å². The van der Waals surface area contributed by atoms with Crippen LogP contribution in [0.3, 0.4) is 0 Å². The number of fused-ring (bicyclic) bond motifs is 2. The van der Waals surface area contributed by atoms with E-state index in [-0.39, 0.29) is 18.3 Å². The Morgan fingerprint density at radius 2 is 1.69 bits per heavy atom. The Morgan fingerprint density at radius 3 is 2.44 bits per heavy atom. The minimum absolute atomic E-state index is 0.0141. The summed E-state index contributed by atoms with van der Waals surface area (Å²) >= 11 is 0. The van der Waals surface area contributed by atoms with Crippen LogP contribution in [-0.4, -0.2) is 72.9 Å². The van der Waals surface area contributed by atoms with Crippen LogP contribution >= 0.6 is 0 Å². The van der Waals surface area contributed by atoms with E-state index in [1.54, 1.807) is 30.0 Å². The Bertz CT molecular complexity index is 1630. The maximum Gasteiger partial charge on any atom is 0.326 e. The van der Waals surface area contributed by atoms with Crippen LogP contribution in [0.4, 0.5) is 11.6 Å². The number of hydrogen-bond donors (Lipinski definition) is 1. The van der Waals surface area contributed by atoms with Crippen molar-refractivity contribution in [1.82, 2.24) is 29.1 Å². The number of piperazine rings is 1. The molecular formula is C28H30N8O3. The highest BCUT2D eigenvalue weighted by atomic mass is 16.5. The summed E-state index contributed by atoms with van der Waals surface area (Å²) in [6.45, 7) is 7.15. The molecule has 5 aromatic rings. The number of aryl methyl sites for hydroxylation is 1. The molecule has 200 valence electrons. The fraction of sp³-hybridized carbons (Fsp3) is 0.321. The topological polar surface area (TPSA) is 114 Å². The Morgan fingerprint density at radius 1 is 0.949 bits per heavy atom. The van der Waals surface area contributed by atoms with Crippen molar-refractivity contribution in [2.24, 2.45) is 0 Å². The second-order valence-corrected chi connectivity index (χ2v) is 9.39. The van der Waals surface area contributed by atoms with Crippen LogP contribution in [0.1, 0.15) is 19.7 Å². The van der Waals surface area contributed by atoms with Gasteiger partial charge in [0, 0.05) is 38.3 Å². The van der Waals surface area contributed by atoms with E-state index in [9.17, 15) is 9.90 Å². The molecule has 11 heteroatoms. The standard InChI is InChI=1S/C28H30N8O3/c1-3-23-30-21-7-5-6-8-22(21)36(23)27-25-26(35(18-29-25)17-24(38)39-4-2)31-28(32-27)34-15-13-33(14-16-34)19-9-11-20(37)12-10-19/h5-12,18,37H,3-4,13-17H2,1-2H3. The lowest BCUT2D eigenvalue weighted by molar-refractivity contribution is -0.143. The molecule has 0 unspecified atom stereocenters. The van der Waals surface area contributed by atoms with E-state index in [0.29, 0.717) is 49.0 Å². The molecular weight excluding hydrogens is 496 g/mol. The Balaban J connectivity index is 1.42. The van der Waals surface area contributed by atoms with E-state index in [1.807, 2.05) is 36.4 Å². The number of phenolic OH excluding ortho intramolecular Hbond substituents is 1. The van der Waals surface area contributed by atoms with Crippen LogP contribution in [0.2, 0.25) is 0 Å². The number of carbonyl (C=O) groups is 1. The third-order valence-corrected chi connectivity index (χ3v) is 6.97. The smallest absolute Gasteiger partial charge is 0.326 e. The quantitative estimate of drug-likeness (QED) is 0.319. The Hall–Kier alpha value is -4.67. The molecule has 4 heterocycles. The second-order valence-electron chi connectivity index (χ2n) is 9.39. The van der Waals surface area contributed by atoms with Crippen LogP contribution < -0.4 is 9.80 Å². The maximum atomic E-state index is 12.4. The van der Waals surface area contributed by atoms with Gasteiger partial charge in [0.15, 0.2) is 17.0 Å². The van der Waals surface area contributed by atoms with Gasteiger partial charge in [-0.15, -0.1) is 0 Å². The number of ether oxygens (including phenoxy) is 1. The summed E-state index contributed by atoms with van der Waals surface area (Å²) < 4.78 is 8.97.